The molecule has 3 nitrogen and oxygen atoms in total. The fourth-order valence-corrected chi connectivity index (χ4v) is 2.47. The highest BCUT2D eigenvalue weighted by molar-refractivity contribution is 7.11. The first-order valence-corrected chi connectivity index (χ1v) is 6.72. The fraction of sp³-hybridized carbons (Fsp3) is 0.286. The van der Waals surface area contributed by atoms with Gasteiger partial charge in [0.05, 0.1) is 17.8 Å². The van der Waals surface area contributed by atoms with Gasteiger partial charge in [0.1, 0.15) is 11.1 Å². The second kappa shape index (κ2) is 5.65. The smallest absolute Gasteiger partial charge is 0.112 e. The number of benzene rings is 1. The van der Waals surface area contributed by atoms with Crippen LogP contribution >= 0.6 is 11.3 Å². The van der Waals surface area contributed by atoms with Crippen molar-refractivity contribution in [2.45, 2.75) is 26.8 Å². The lowest BCUT2D eigenvalue weighted by Gasteiger charge is -2.07. The molecule has 0 radical (unpaired) electrons. The lowest BCUT2D eigenvalue weighted by Crippen LogP contribution is -2.01. The zero-order valence-electron chi connectivity index (χ0n) is 10.5. The van der Waals surface area contributed by atoms with Gasteiger partial charge in [0, 0.05) is 11.1 Å². The predicted octanol–water partition coefficient (Wildman–Crippen LogP) is 3.50. The Balaban J connectivity index is 2.10. The van der Waals surface area contributed by atoms with Crippen LogP contribution in [-0.4, -0.2) is 4.98 Å². The zero-order valence-corrected chi connectivity index (χ0v) is 11.3. The van der Waals surface area contributed by atoms with Crippen molar-refractivity contribution >= 4 is 17.0 Å². The number of hydrogen-bond acceptors (Lipinski definition) is 4. The molecule has 92 valence electrons. The highest BCUT2D eigenvalue weighted by atomic mass is 32.1. The van der Waals surface area contributed by atoms with E-state index in [1.54, 1.807) is 11.3 Å². The summed E-state index contributed by atoms with van der Waals surface area (Å²) in [4.78, 5) is 5.64. The molecule has 18 heavy (non-hydrogen) atoms. The SMILES string of the molecule is CCc1cnc(CNc2cc(C)ccc2C#N)s1. The molecule has 0 unspecified atom stereocenters. The van der Waals surface area contributed by atoms with Gasteiger partial charge in [-0.15, -0.1) is 11.3 Å². The minimum absolute atomic E-state index is 0.669. The van der Waals surface area contributed by atoms with E-state index in [1.807, 2.05) is 31.3 Å². The van der Waals surface area contributed by atoms with E-state index < -0.39 is 0 Å². The second-order valence-corrected chi connectivity index (χ2v) is 5.29. The van der Waals surface area contributed by atoms with Crippen molar-refractivity contribution in [2.24, 2.45) is 0 Å². The van der Waals surface area contributed by atoms with Crippen LogP contribution in [0.1, 0.15) is 27.9 Å². The highest BCUT2D eigenvalue weighted by Crippen LogP contribution is 2.19. The number of thiazole rings is 1. The third-order valence-electron chi connectivity index (χ3n) is 2.68. The van der Waals surface area contributed by atoms with Crippen LogP contribution < -0.4 is 5.32 Å². The summed E-state index contributed by atoms with van der Waals surface area (Å²) < 4.78 is 0. The van der Waals surface area contributed by atoms with Gasteiger partial charge in [-0.2, -0.15) is 5.26 Å². The number of hydrogen-bond donors (Lipinski definition) is 1. The van der Waals surface area contributed by atoms with Crippen LogP contribution in [0.2, 0.25) is 0 Å². The Labute approximate surface area is 111 Å². The summed E-state index contributed by atoms with van der Waals surface area (Å²) in [6.45, 7) is 4.81. The summed E-state index contributed by atoms with van der Waals surface area (Å²) in [7, 11) is 0. The molecule has 0 fully saturated rings. The number of nitrogens with zero attached hydrogens (tertiary/aromatic N) is 2. The lowest BCUT2D eigenvalue weighted by molar-refractivity contribution is 1.09. The maximum absolute atomic E-state index is 9.05. The van der Waals surface area contributed by atoms with Crippen molar-refractivity contribution < 1.29 is 0 Å². The molecule has 0 atom stereocenters. The molecule has 1 aromatic heterocycles. The van der Waals surface area contributed by atoms with Gasteiger partial charge in [0.15, 0.2) is 0 Å². The number of nitrogens with one attached hydrogen (secondary N) is 1. The molecule has 0 saturated heterocycles. The van der Waals surface area contributed by atoms with Gasteiger partial charge < -0.3 is 5.32 Å². The Kier molecular flexibility index (Phi) is 3.96. The Bertz CT molecular complexity index is 581. The summed E-state index contributed by atoms with van der Waals surface area (Å²) in [6.07, 6.45) is 2.94. The highest BCUT2D eigenvalue weighted by Gasteiger charge is 2.04. The van der Waals surface area contributed by atoms with Crippen molar-refractivity contribution in [3.8, 4) is 6.07 Å². The monoisotopic (exact) mass is 257 g/mol. The van der Waals surface area contributed by atoms with Crippen molar-refractivity contribution in [3.05, 3.63) is 45.4 Å². The van der Waals surface area contributed by atoms with Crippen LogP contribution in [0.4, 0.5) is 5.69 Å². The molecule has 0 aliphatic heterocycles. The van der Waals surface area contributed by atoms with Crippen molar-refractivity contribution in [2.75, 3.05) is 5.32 Å². The molecule has 1 heterocycles. The average Bonchev–Trinajstić information content (AvgIpc) is 2.84. The number of aromatic nitrogens is 1. The molecule has 0 amide bonds. The molecule has 1 aromatic carbocycles. The number of nitriles is 1. The van der Waals surface area contributed by atoms with Crippen LogP contribution in [0.5, 0.6) is 0 Å². The van der Waals surface area contributed by atoms with Crippen molar-refractivity contribution in [3.63, 3.8) is 0 Å². The summed E-state index contributed by atoms with van der Waals surface area (Å²) in [6, 6.07) is 7.98. The fourth-order valence-electron chi connectivity index (χ4n) is 1.67. The van der Waals surface area contributed by atoms with E-state index >= 15 is 0 Å². The molecular weight excluding hydrogens is 242 g/mol. The van der Waals surface area contributed by atoms with E-state index in [-0.39, 0.29) is 0 Å². The summed E-state index contributed by atoms with van der Waals surface area (Å²) in [5.41, 5.74) is 2.70. The normalized spacial score (nSPS) is 10.1. The second-order valence-electron chi connectivity index (χ2n) is 4.09. The molecule has 2 aromatic rings. The Morgan fingerprint density at radius 2 is 2.28 bits per heavy atom. The van der Waals surface area contributed by atoms with Gasteiger partial charge >= 0.3 is 0 Å². The first-order chi connectivity index (χ1) is 8.72. The van der Waals surface area contributed by atoms with Crippen LogP contribution in [0.25, 0.3) is 0 Å². The van der Waals surface area contributed by atoms with Gasteiger partial charge in [-0.3, -0.25) is 0 Å². The van der Waals surface area contributed by atoms with Crippen LogP contribution in [0.3, 0.4) is 0 Å². The van der Waals surface area contributed by atoms with E-state index in [1.165, 1.54) is 4.88 Å². The average molecular weight is 257 g/mol. The van der Waals surface area contributed by atoms with Gasteiger partial charge in [-0.05, 0) is 31.0 Å². The summed E-state index contributed by atoms with van der Waals surface area (Å²) in [5.74, 6) is 0. The van der Waals surface area contributed by atoms with Gasteiger partial charge in [-0.25, -0.2) is 4.98 Å². The standard InChI is InChI=1S/C14H15N3S/c1-3-12-8-17-14(18-12)9-16-13-6-10(2)4-5-11(13)7-15/h4-6,8,16H,3,9H2,1-2H3. The molecule has 4 heteroatoms. The van der Waals surface area contributed by atoms with Crippen LogP contribution in [0.15, 0.2) is 24.4 Å². The maximum Gasteiger partial charge on any atom is 0.112 e. The molecule has 0 saturated carbocycles. The number of aryl methyl sites for hydroxylation is 2. The van der Waals surface area contributed by atoms with Gasteiger partial charge in [0.25, 0.3) is 0 Å². The van der Waals surface area contributed by atoms with E-state index in [0.29, 0.717) is 12.1 Å². The summed E-state index contributed by atoms with van der Waals surface area (Å²) in [5, 5.41) is 13.4. The number of rotatable bonds is 4. The Hall–Kier alpha value is -1.86. The predicted molar refractivity (Wildman–Crippen MR) is 74.7 cm³/mol. The molecular formula is C14H15N3S. The van der Waals surface area contributed by atoms with Crippen LogP contribution in [-0.2, 0) is 13.0 Å². The van der Waals surface area contributed by atoms with Crippen molar-refractivity contribution in [1.82, 2.24) is 4.98 Å². The molecule has 2 rings (SSSR count). The lowest BCUT2D eigenvalue weighted by atomic mass is 10.1. The molecule has 0 aliphatic carbocycles. The maximum atomic E-state index is 9.05. The molecule has 0 bridgehead atoms. The Morgan fingerprint density at radius 1 is 1.44 bits per heavy atom. The summed E-state index contributed by atoms with van der Waals surface area (Å²) >= 11 is 1.71. The largest absolute Gasteiger partial charge is 0.377 e. The van der Waals surface area contributed by atoms with Crippen LogP contribution in [0, 0.1) is 18.3 Å². The Morgan fingerprint density at radius 3 is 2.94 bits per heavy atom. The molecule has 0 spiro atoms. The first-order valence-electron chi connectivity index (χ1n) is 5.91. The zero-order chi connectivity index (χ0) is 13.0. The topological polar surface area (TPSA) is 48.7 Å². The van der Waals surface area contributed by atoms with Gasteiger partial charge in [-0.1, -0.05) is 13.0 Å². The van der Waals surface area contributed by atoms with Gasteiger partial charge in [0.2, 0.25) is 0 Å². The minimum Gasteiger partial charge on any atom is -0.377 e. The molecule has 0 aliphatic rings. The molecule has 1 N–H and O–H groups in total. The minimum atomic E-state index is 0.669. The van der Waals surface area contributed by atoms with E-state index in [4.69, 9.17) is 5.26 Å². The van der Waals surface area contributed by atoms with E-state index in [2.05, 4.69) is 23.3 Å². The number of anilines is 1. The third-order valence-corrected chi connectivity index (χ3v) is 3.82. The van der Waals surface area contributed by atoms with E-state index in [9.17, 15) is 0 Å². The van der Waals surface area contributed by atoms with Crippen molar-refractivity contribution in [1.29, 1.82) is 5.26 Å². The third kappa shape index (κ3) is 2.88. The van der Waals surface area contributed by atoms with E-state index in [0.717, 1.165) is 22.7 Å². The quantitative estimate of drug-likeness (QED) is 0.912. The first kappa shape index (κ1) is 12.6.